The summed E-state index contributed by atoms with van der Waals surface area (Å²) in [6.07, 6.45) is -4.81. The first-order valence-electron chi connectivity index (χ1n) is 4.80. The van der Waals surface area contributed by atoms with Crippen LogP contribution in [0.15, 0.2) is 24.3 Å². The molecule has 6 heteroatoms. The van der Waals surface area contributed by atoms with E-state index in [0.29, 0.717) is 5.56 Å². The Balaban J connectivity index is 2.72. The smallest absolute Gasteiger partial charge is 0.405 e. The number of benzene rings is 1. The van der Waals surface area contributed by atoms with Crippen molar-refractivity contribution in [2.45, 2.75) is 13.1 Å². The molecule has 1 rings (SSSR count). The van der Waals surface area contributed by atoms with Crippen molar-refractivity contribution in [3.05, 3.63) is 29.8 Å². The van der Waals surface area contributed by atoms with Crippen molar-refractivity contribution < 1.29 is 27.8 Å². The summed E-state index contributed by atoms with van der Waals surface area (Å²) in [4.78, 5) is 10.5. The highest BCUT2D eigenvalue weighted by atomic mass is 19.4. The summed E-state index contributed by atoms with van der Waals surface area (Å²) >= 11 is 0. The third kappa shape index (κ3) is 3.65. The summed E-state index contributed by atoms with van der Waals surface area (Å²) in [6.45, 7) is 0.738. The lowest BCUT2D eigenvalue weighted by Gasteiger charge is -2.17. The molecule has 94 valence electrons. The Kier molecular flexibility index (Phi) is 3.98. The number of carboxylic acid groups (broad SMARTS) is 1. The van der Waals surface area contributed by atoms with Gasteiger partial charge >= 0.3 is 12.1 Å². The molecule has 0 spiro atoms. The molecule has 1 atom stereocenters. The lowest BCUT2D eigenvalue weighted by molar-refractivity contribution is -0.198. The minimum absolute atomic E-state index is 0.253. The molecular formula is C11H11F3O3. The maximum absolute atomic E-state index is 12.3. The van der Waals surface area contributed by atoms with Gasteiger partial charge in [-0.1, -0.05) is 18.2 Å². The summed E-state index contributed by atoms with van der Waals surface area (Å²) in [7, 11) is 0. The van der Waals surface area contributed by atoms with Gasteiger partial charge in [0.25, 0.3) is 0 Å². The second kappa shape index (κ2) is 5.07. The number of carbonyl (C=O) groups is 1. The highest BCUT2D eigenvalue weighted by molar-refractivity contribution is 5.71. The van der Waals surface area contributed by atoms with Gasteiger partial charge in [0.15, 0.2) is 5.92 Å². The van der Waals surface area contributed by atoms with E-state index >= 15 is 0 Å². The second-order valence-electron chi connectivity index (χ2n) is 3.51. The zero-order valence-corrected chi connectivity index (χ0v) is 8.99. The number of halogens is 3. The van der Waals surface area contributed by atoms with Gasteiger partial charge in [-0.2, -0.15) is 13.2 Å². The topological polar surface area (TPSA) is 46.5 Å². The Labute approximate surface area is 95.8 Å². The van der Waals surface area contributed by atoms with Crippen LogP contribution in [-0.2, 0) is 4.79 Å². The average Bonchev–Trinajstić information content (AvgIpc) is 2.18. The van der Waals surface area contributed by atoms with E-state index in [2.05, 4.69) is 0 Å². The van der Waals surface area contributed by atoms with Crippen LogP contribution in [0.5, 0.6) is 5.75 Å². The van der Waals surface area contributed by atoms with Crippen LogP contribution >= 0.6 is 0 Å². The van der Waals surface area contributed by atoms with Gasteiger partial charge in [0.05, 0.1) is 0 Å². The molecule has 1 aromatic rings. The van der Waals surface area contributed by atoms with Crippen LogP contribution in [-0.4, -0.2) is 23.9 Å². The van der Waals surface area contributed by atoms with Gasteiger partial charge in [0.2, 0.25) is 0 Å². The summed E-state index contributed by atoms with van der Waals surface area (Å²) in [5, 5.41) is 8.46. The van der Waals surface area contributed by atoms with Gasteiger partial charge < -0.3 is 9.84 Å². The number of hydrogen-bond donors (Lipinski definition) is 1. The average molecular weight is 248 g/mol. The Morgan fingerprint density at radius 2 is 2.00 bits per heavy atom. The molecule has 17 heavy (non-hydrogen) atoms. The molecular weight excluding hydrogens is 237 g/mol. The zero-order valence-electron chi connectivity index (χ0n) is 8.99. The molecule has 0 saturated heterocycles. The molecule has 0 aliphatic heterocycles. The minimum atomic E-state index is -4.81. The quantitative estimate of drug-likeness (QED) is 0.890. The highest BCUT2D eigenvalue weighted by Gasteiger charge is 2.45. The highest BCUT2D eigenvalue weighted by Crippen LogP contribution is 2.27. The minimum Gasteiger partial charge on any atom is -0.492 e. The first kappa shape index (κ1) is 13.3. The maximum atomic E-state index is 12.3. The van der Waals surface area contributed by atoms with E-state index in [4.69, 9.17) is 9.84 Å². The normalized spacial score (nSPS) is 13.2. The van der Waals surface area contributed by atoms with Gasteiger partial charge in [-0.3, -0.25) is 4.79 Å². The molecule has 0 aromatic heterocycles. The van der Waals surface area contributed by atoms with E-state index in [1.54, 1.807) is 25.1 Å². The third-order valence-electron chi connectivity index (χ3n) is 2.19. The molecule has 0 saturated carbocycles. The molecule has 0 heterocycles. The van der Waals surface area contributed by atoms with Crippen LogP contribution in [0.1, 0.15) is 5.56 Å². The van der Waals surface area contributed by atoms with Crippen LogP contribution in [0.3, 0.4) is 0 Å². The van der Waals surface area contributed by atoms with Gasteiger partial charge in [0, 0.05) is 0 Å². The van der Waals surface area contributed by atoms with Gasteiger partial charge in [-0.25, -0.2) is 0 Å². The summed E-state index contributed by atoms with van der Waals surface area (Å²) in [6, 6.07) is 6.47. The lowest BCUT2D eigenvalue weighted by atomic mass is 10.1. The fraction of sp³-hybridized carbons (Fsp3) is 0.364. The number of para-hydroxylation sites is 1. The molecule has 1 unspecified atom stereocenters. The van der Waals surface area contributed by atoms with E-state index in [0.717, 1.165) is 0 Å². The van der Waals surface area contributed by atoms with Crippen molar-refractivity contribution in [2.75, 3.05) is 6.61 Å². The van der Waals surface area contributed by atoms with Crippen molar-refractivity contribution in [1.29, 1.82) is 0 Å². The Morgan fingerprint density at radius 3 is 2.47 bits per heavy atom. The first-order valence-corrected chi connectivity index (χ1v) is 4.80. The van der Waals surface area contributed by atoms with E-state index in [1.165, 1.54) is 6.07 Å². The second-order valence-corrected chi connectivity index (χ2v) is 3.51. The molecule has 0 fully saturated rings. The monoisotopic (exact) mass is 248 g/mol. The Bertz CT molecular complexity index is 401. The van der Waals surface area contributed by atoms with Crippen molar-refractivity contribution in [3.63, 3.8) is 0 Å². The molecule has 1 aromatic carbocycles. The van der Waals surface area contributed by atoms with Crippen LogP contribution in [0.4, 0.5) is 13.2 Å². The van der Waals surface area contributed by atoms with Crippen molar-refractivity contribution >= 4 is 5.97 Å². The molecule has 3 nitrogen and oxygen atoms in total. The number of rotatable bonds is 4. The summed E-state index contributed by atoms with van der Waals surface area (Å²) < 4.78 is 41.8. The summed E-state index contributed by atoms with van der Waals surface area (Å²) in [5.41, 5.74) is 0.652. The van der Waals surface area contributed by atoms with Crippen LogP contribution in [0.25, 0.3) is 0 Å². The van der Waals surface area contributed by atoms with E-state index in [1.807, 2.05) is 0 Å². The Morgan fingerprint density at radius 1 is 1.41 bits per heavy atom. The molecule has 0 radical (unpaired) electrons. The SMILES string of the molecule is Cc1ccccc1OCC(C(=O)O)C(F)(F)F. The molecule has 0 aliphatic rings. The Hall–Kier alpha value is -1.72. The largest absolute Gasteiger partial charge is 0.492 e. The predicted octanol–water partition coefficient (Wildman–Crippen LogP) is 2.64. The number of carboxylic acids is 1. The third-order valence-corrected chi connectivity index (χ3v) is 2.19. The van der Waals surface area contributed by atoms with Crippen molar-refractivity contribution in [2.24, 2.45) is 5.92 Å². The van der Waals surface area contributed by atoms with Crippen LogP contribution in [0, 0.1) is 12.8 Å². The summed E-state index contributed by atoms with van der Waals surface area (Å²) in [5.74, 6) is -4.20. The van der Waals surface area contributed by atoms with E-state index in [-0.39, 0.29) is 5.75 Å². The van der Waals surface area contributed by atoms with Crippen LogP contribution in [0.2, 0.25) is 0 Å². The zero-order chi connectivity index (χ0) is 13.1. The number of alkyl halides is 3. The van der Waals surface area contributed by atoms with E-state index < -0.39 is 24.7 Å². The van der Waals surface area contributed by atoms with E-state index in [9.17, 15) is 18.0 Å². The van der Waals surface area contributed by atoms with Gasteiger partial charge in [-0.05, 0) is 18.6 Å². The fourth-order valence-corrected chi connectivity index (χ4v) is 1.20. The van der Waals surface area contributed by atoms with Crippen molar-refractivity contribution in [3.8, 4) is 5.75 Å². The maximum Gasteiger partial charge on any atom is 0.405 e. The number of aryl methyl sites for hydroxylation is 1. The van der Waals surface area contributed by atoms with Gasteiger partial charge in [0.1, 0.15) is 12.4 Å². The standard InChI is InChI=1S/C11H11F3O3/c1-7-4-2-3-5-9(7)17-6-8(10(15)16)11(12,13)14/h2-5,8H,6H2,1H3,(H,15,16). The molecule has 0 amide bonds. The fourth-order valence-electron chi connectivity index (χ4n) is 1.20. The lowest BCUT2D eigenvalue weighted by Crippen LogP contribution is -2.35. The molecule has 0 aliphatic carbocycles. The number of hydrogen-bond acceptors (Lipinski definition) is 2. The van der Waals surface area contributed by atoms with Crippen molar-refractivity contribution in [1.82, 2.24) is 0 Å². The number of ether oxygens (including phenoxy) is 1. The van der Waals surface area contributed by atoms with Crippen LogP contribution < -0.4 is 4.74 Å². The first-order chi connectivity index (χ1) is 7.82. The number of aliphatic carboxylic acids is 1. The predicted molar refractivity (Wildman–Crippen MR) is 53.9 cm³/mol. The molecule has 1 N–H and O–H groups in total. The molecule has 0 bridgehead atoms. The van der Waals surface area contributed by atoms with Gasteiger partial charge in [-0.15, -0.1) is 0 Å².